The molecule has 0 aromatic rings. The molecule has 0 radical (unpaired) electrons. The lowest BCUT2D eigenvalue weighted by atomic mass is 10.1. The molecule has 1 amide bonds. The van der Waals surface area contributed by atoms with Gasteiger partial charge in [0.15, 0.2) is 0 Å². The van der Waals surface area contributed by atoms with E-state index in [0.29, 0.717) is 19.6 Å². The van der Waals surface area contributed by atoms with Crippen molar-refractivity contribution in [3.63, 3.8) is 0 Å². The van der Waals surface area contributed by atoms with E-state index in [9.17, 15) is 13.2 Å². The van der Waals surface area contributed by atoms with Gasteiger partial charge in [0.05, 0.1) is 5.75 Å². The van der Waals surface area contributed by atoms with Crippen molar-refractivity contribution >= 4 is 15.7 Å². The molecule has 0 aromatic heterocycles. The maximum atomic E-state index is 12.0. The molecule has 0 bridgehead atoms. The maximum absolute atomic E-state index is 12.0. The molecule has 18 heavy (non-hydrogen) atoms. The molecule has 0 unspecified atom stereocenters. The lowest BCUT2D eigenvalue weighted by molar-refractivity contribution is -0.136. The van der Waals surface area contributed by atoms with Crippen molar-refractivity contribution in [1.82, 2.24) is 9.80 Å². The Kier molecular flexibility index (Phi) is 5.59. The van der Waals surface area contributed by atoms with E-state index < -0.39 is 9.84 Å². The highest BCUT2D eigenvalue weighted by Crippen LogP contribution is 2.10. The van der Waals surface area contributed by atoms with Crippen molar-refractivity contribution in [1.29, 1.82) is 0 Å². The molecule has 0 saturated carbocycles. The third-order valence-electron chi connectivity index (χ3n) is 3.50. The van der Waals surface area contributed by atoms with Gasteiger partial charge in [-0.3, -0.25) is 9.69 Å². The number of piperazine rings is 1. The van der Waals surface area contributed by atoms with Crippen molar-refractivity contribution in [3.05, 3.63) is 0 Å². The van der Waals surface area contributed by atoms with Crippen LogP contribution in [0.15, 0.2) is 0 Å². The Balaban J connectivity index is 2.35. The average Bonchev–Trinajstić information content (AvgIpc) is 2.34. The van der Waals surface area contributed by atoms with E-state index in [2.05, 4.69) is 4.90 Å². The van der Waals surface area contributed by atoms with Crippen LogP contribution < -0.4 is 0 Å². The number of amides is 1. The molecule has 1 rings (SSSR count). The number of rotatable bonds is 5. The fourth-order valence-electron chi connectivity index (χ4n) is 1.97. The quantitative estimate of drug-likeness (QED) is 0.721. The zero-order valence-electron chi connectivity index (χ0n) is 11.6. The molecule has 6 heteroatoms. The van der Waals surface area contributed by atoms with E-state index in [1.54, 1.807) is 0 Å². The number of carbonyl (C=O) groups excluding carboxylic acids is 1. The van der Waals surface area contributed by atoms with E-state index in [0.717, 1.165) is 19.5 Å². The summed E-state index contributed by atoms with van der Waals surface area (Å²) in [7, 11) is -2.89. The molecule has 0 N–H and O–H groups in total. The predicted octanol–water partition coefficient (Wildman–Crippen LogP) is 0.221. The Hall–Kier alpha value is -0.620. The van der Waals surface area contributed by atoms with Gasteiger partial charge in [-0.15, -0.1) is 0 Å². The van der Waals surface area contributed by atoms with Crippen LogP contribution in [-0.4, -0.2) is 68.9 Å². The van der Waals surface area contributed by atoms with Crippen LogP contribution in [0.3, 0.4) is 0 Å². The third-order valence-corrected chi connectivity index (χ3v) is 4.42. The minimum Gasteiger partial charge on any atom is -0.340 e. The Morgan fingerprint density at radius 2 is 1.78 bits per heavy atom. The van der Waals surface area contributed by atoms with Gasteiger partial charge < -0.3 is 4.90 Å². The van der Waals surface area contributed by atoms with Crippen molar-refractivity contribution in [2.24, 2.45) is 5.92 Å². The lowest BCUT2D eigenvalue weighted by Gasteiger charge is -2.35. The second-order valence-electron chi connectivity index (χ2n) is 5.11. The first-order valence-electron chi connectivity index (χ1n) is 6.52. The molecule has 1 heterocycles. The van der Waals surface area contributed by atoms with Crippen molar-refractivity contribution in [3.8, 4) is 0 Å². The summed E-state index contributed by atoms with van der Waals surface area (Å²) in [6.45, 7) is 7.53. The number of hydrogen-bond acceptors (Lipinski definition) is 4. The fraction of sp³-hybridized carbons (Fsp3) is 0.917. The number of carbonyl (C=O) groups is 1. The summed E-state index contributed by atoms with van der Waals surface area (Å²) >= 11 is 0. The van der Waals surface area contributed by atoms with Crippen molar-refractivity contribution in [2.75, 3.05) is 44.7 Å². The molecular weight excluding hydrogens is 252 g/mol. The van der Waals surface area contributed by atoms with Crippen LogP contribution in [0, 0.1) is 5.92 Å². The van der Waals surface area contributed by atoms with E-state index in [1.165, 1.54) is 6.26 Å². The highest BCUT2D eigenvalue weighted by molar-refractivity contribution is 7.90. The lowest BCUT2D eigenvalue weighted by Crippen LogP contribution is -2.50. The first-order chi connectivity index (χ1) is 8.33. The molecule has 0 aromatic carbocycles. The molecule has 1 aliphatic rings. The number of sulfone groups is 1. The zero-order valence-corrected chi connectivity index (χ0v) is 12.4. The van der Waals surface area contributed by atoms with Crippen LogP contribution >= 0.6 is 0 Å². The summed E-state index contributed by atoms with van der Waals surface area (Å²) < 4.78 is 22.2. The highest BCUT2D eigenvalue weighted by Gasteiger charge is 2.24. The van der Waals surface area contributed by atoms with Gasteiger partial charge in [0, 0.05) is 44.9 Å². The van der Waals surface area contributed by atoms with Crippen molar-refractivity contribution in [2.45, 2.75) is 20.3 Å². The van der Waals surface area contributed by atoms with Gasteiger partial charge >= 0.3 is 0 Å². The molecular formula is C12H24N2O3S. The second-order valence-corrected chi connectivity index (χ2v) is 7.37. The van der Waals surface area contributed by atoms with E-state index >= 15 is 0 Å². The number of hydrogen-bond donors (Lipinski definition) is 0. The molecule has 1 saturated heterocycles. The summed E-state index contributed by atoms with van der Waals surface area (Å²) in [5.74, 6) is 0.514. The summed E-state index contributed by atoms with van der Waals surface area (Å²) in [4.78, 5) is 16.0. The molecule has 1 aliphatic heterocycles. The highest BCUT2D eigenvalue weighted by atomic mass is 32.2. The van der Waals surface area contributed by atoms with E-state index in [4.69, 9.17) is 0 Å². The first kappa shape index (κ1) is 15.4. The van der Waals surface area contributed by atoms with Gasteiger partial charge in [-0.1, -0.05) is 13.8 Å². The number of nitrogens with zero attached hydrogens (tertiary/aromatic N) is 2. The predicted molar refractivity (Wildman–Crippen MR) is 72.2 cm³/mol. The Bertz CT molecular complexity index is 373. The van der Waals surface area contributed by atoms with Crippen LogP contribution in [0.4, 0.5) is 0 Å². The van der Waals surface area contributed by atoms with Crippen molar-refractivity contribution < 1.29 is 13.2 Å². The van der Waals surface area contributed by atoms with Crippen LogP contribution in [0.25, 0.3) is 0 Å². The smallest absolute Gasteiger partial charge is 0.225 e. The summed E-state index contributed by atoms with van der Waals surface area (Å²) in [5, 5.41) is 0. The van der Waals surface area contributed by atoms with Gasteiger partial charge in [-0.2, -0.15) is 0 Å². The molecule has 106 valence electrons. The molecule has 1 atom stereocenters. The normalized spacial score (nSPS) is 19.8. The van der Waals surface area contributed by atoms with Crippen LogP contribution in [0.1, 0.15) is 20.3 Å². The Morgan fingerprint density at radius 1 is 1.22 bits per heavy atom. The van der Waals surface area contributed by atoms with Gasteiger partial charge in [0.2, 0.25) is 5.91 Å². The van der Waals surface area contributed by atoms with E-state index in [1.807, 2.05) is 18.7 Å². The summed E-state index contributed by atoms with van der Waals surface area (Å²) in [6, 6.07) is 0. The second kappa shape index (κ2) is 6.52. The van der Waals surface area contributed by atoms with E-state index in [-0.39, 0.29) is 17.6 Å². The van der Waals surface area contributed by atoms with Crippen LogP contribution in [-0.2, 0) is 14.6 Å². The van der Waals surface area contributed by atoms with Gasteiger partial charge in [-0.25, -0.2) is 8.42 Å². The summed E-state index contributed by atoms with van der Waals surface area (Å²) in [6.07, 6.45) is 2.13. The van der Waals surface area contributed by atoms with Crippen LogP contribution in [0.2, 0.25) is 0 Å². The fourth-order valence-corrected chi connectivity index (χ4v) is 2.56. The topological polar surface area (TPSA) is 57.7 Å². The molecule has 0 aliphatic carbocycles. The van der Waals surface area contributed by atoms with Crippen LogP contribution in [0.5, 0.6) is 0 Å². The molecule has 5 nitrogen and oxygen atoms in total. The standard InChI is InChI=1S/C12H24N2O3S/c1-4-11(2)12(15)14-7-5-13(6-8-14)9-10-18(3,16)17/h11H,4-10H2,1-3H3/t11-/m1/s1. The Morgan fingerprint density at radius 3 is 2.22 bits per heavy atom. The molecule has 1 fully saturated rings. The molecule has 0 spiro atoms. The van der Waals surface area contributed by atoms with Gasteiger partial charge in [0.25, 0.3) is 0 Å². The SMILES string of the molecule is CC[C@@H](C)C(=O)N1CCN(CCS(C)(=O)=O)CC1. The largest absolute Gasteiger partial charge is 0.340 e. The Labute approximate surface area is 110 Å². The van der Waals surface area contributed by atoms with Gasteiger partial charge in [-0.05, 0) is 6.42 Å². The van der Waals surface area contributed by atoms with Gasteiger partial charge in [0.1, 0.15) is 9.84 Å². The third kappa shape index (κ3) is 4.94. The average molecular weight is 276 g/mol. The zero-order chi connectivity index (χ0) is 13.8. The monoisotopic (exact) mass is 276 g/mol. The summed E-state index contributed by atoms with van der Waals surface area (Å²) in [5.41, 5.74) is 0. The first-order valence-corrected chi connectivity index (χ1v) is 8.58. The minimum absolute atomic E-state index is 0.0903. The maximum Gasteiger partial charge on any atom is 0.225 e. The minimum atomic E-state index is -2.89.